The second-order valence-corrected chi connectivity index (χ2v) is 8.42. The lowest BCUT2D eigenvalue weighted by Gasteiger charge is -2.19. The van der Waals surface area contributed by atoms with Gasteiger partial charge >= 0.3 is 0 Å². The summed E-state index contributed by atoms with van der Waals surface area (Å²) in [5, 5.41) is 12.2. The molecule has 1 unspecified atom stereocenters. The molecule has 3 nitrogen and oxygen atoms in total. The van der Waals surface area contributed by atoms with Gasteiger partial charge in [-0.1, -0.05) is 64.8 Å². The van der Waals surface area contributed by atoms with Crippen LogP contribution < -0.4 is 0 Å². The third kappa shape index (κ3) is 3.99. The van der Waals surface area contributed by atoms with Gasteiger partial charge in [-0.2, -0.15) is 0 Å². The second-order valence-electron chi connectivity index (χ2n) is 6.23. The number of nitrogens with zero attached hydrogens (tertiary/aromatic N) is 2. The zero-order valence-corrected chi connectivity index (χ0v) is 17.2. The van der Waals surface area contributed by atoms with Gasteiger partial charge in [0.05, 0.1) is 27.1 Å². The van der Waals surface area contributed by atoms with Gasteiger partial charge in [-0.05, 0) is 48.4 Å². The topological polar surface area (TPSA) is 38.0 Å². The first-order valence-electron chi connectivity index (χ1n) is 8.33. The number of halogens is 3. The van der Waals surface area contributed by atoms with Crippen LogP contribution in [0.3, 0.4) is 0 Å². The molecule has 7 heteroatoms. The molecule has 1 heterocycles. The largest absolute Gasteiger partial charge is 0.508 e. The highest BCUT2D eigenvalue weighted by atomic mass is 35.5. The first-order chi connectivity index (χ1) is 13.0. The van der Waals surface area contributed by atoms with E-state index in [4.69, 9.17) is 39.8 Å². The van der Waals surface area contributed by atoms with E-state index in [2.05, 4.69) is 4.57 Å². The highest BCUT2D eigenvalue weighted by Crippen LogP contribution is 2.36. The maximum atomic E-state index is 9.66. The third-order valence-corrected chi connectivity index (χ3v) is 6.37. The lowest BCUT2D eigenvalue weighted by atomic mass is 10.1. The van der Waals surface area contributed by atoms with E-state index in [9.17, 15) is 5.11 Å². The van der Waals surface area contributed by atoms with Gasteiger partial charge in [-0.15, -0.1) is 0 Å². The molecule has 0 radical (unpaired) electrons. The Morgan fingerprint density at radius 1 is 1.11 bits per heavy atom. The Morgan fingerprint density at radius 2 is 1.85 bits per heavy atom. The number of fused-ring (bicyclic) bond motifs is 1. The van der Waals surface area contributed by atoms with Crippen molar-refractivity contribution in [2.45, 2.75) is 23.4 Å². The van der Waals surface area contributed by atoms with Crippen molar-refractivity contribution in [3.63, 3.8) is 0 Å². The van der Waals surface area contributed by atoms with Gasteiger partial charge in [0.15, 0.2) is 5.16 Å². The Labute approximate surface area is 176 Å². The standard InChI is InChI=1S/C20H15Cl3N2OS/c21-13-3-1-12(2-4-13)11-27-20-24-18-9-16(22)17(23)10-19(18)25(20)14-5-7-15(26)8-6-14/h1-5,7-10,14,26H,6,11H2. The van der Waals surface area contributed by atoms with E-state index in [1.165, 1.54) is 0 Å². The van der Waals surface area contributed by atoms with E-state index in [1.54, 1.807) is 23.9 Å². The third-order valence-electron chi connectivity index (χ3n) is 4.37. The fraction of sp³-hybridized carbons (Fsp3) is 0.150. The van der Waals surface area contributed by atoms with Crippen molar-refractivity contribution in [1.29, 1.82) is 0 Å². The molecule has 0 spiro atoms. The number of imidazole rings is 1. The van der Waals surface area contributed by atoms with Crippen molar-refractivity contribution >= 4 is 57.6 Å². The maximum Gasteiger partial charge on any atom is 0.169 e. The average molecular weight is 438 g/mol. The fourth-order valence-corrected chi connectivity index (χ4v) is 4.47. The molecule has 2 aromatic carbocycles. The van der Waals surface area contributed by atoms with Crippen LogP contribution in [0.5, 0.6) is 0 Å². The number of hydrogen-bond acceptors (Lipinski definition) is 3. The predicted octanol–water partition coefficient (Wildman–Crippen LogP) is 7.23. The van der Waals surface area contributed by atoms with E-state index in [1.807, 2.05) is 42.5 Å². The van der Waals surface area contributed by atoms with Gasteiger partial charge < -0.3 is 9.67 Å². The summed E-state index contributed by atoms with van der Waals surface area (Å²) >= 11 is 20.1. The van der Waals surface area contributed by atoms with Crippen LogP contribution in [0.2, 0.25) is 15.1 Å². The van der Waals surface area contributed by atoms with Gasteiger partial charge in [0, 0.05) is 10.8 Å². The highest BCUT2D eigenvalue weighted by molar-refractivity contribution is 7.98. The zero-order chi connectivity index (χ0) is 19.0. The monoisotopic (exact) mass is 436 g/mol. The molecule has 1 aliphatic carbocycles. The summed E-state index contributed by atoms with van der Waals surface area (Å²) < 4.78 is 2.15. The molecule has 138 valence electrons. The van der Waals surface area contributed by atoms with E-state index >= 15 is 0 Å². The molecular weight excluding hydrogens is 423 g/mol. The molecule has 0 amide bonds. The van der Waals surface area contributed by atoms with E-state index < -0.39 is 0 Å². The number of aliphatic hydroxyl groups excluding tert-OH is 1. The van der Waals surface area contributed by atoms with Crippen LogP contribution in [-0.2, 0) is 5.75 Å². The average Bonchev–Trinajstić information content (AvgIpc) is 2.99. The minimum Gasteiger partial charge on any atom is -0.508 e. The molecular formula is C20H15Cl3N2OS. The number of allylic oxidation sites excluding steroid dienone is 3. The minimum atomic E-state index is 0.0517. The van der Waals surface area contributed by atoms with Crippen LogP contribution in [0.4, 0.5) is 0 Å². The Morgan fingerprint density at radius 3 is 2.56 bits per heavy atom. The molecule has 0 fully saturated rings. The fourth-order valence-electron chi connectivity index (χ4n) is 3.01. The van der Waals surface area contributed by atoms with Gasteiger partial charge in [0.1, 0.15) is 5.76 Å². The van der Waals surface area contributed by atoms with E-state index in [-0.39, 0.29) is 11.8 Å². The Hall–Kier alpha value is -1.59. The normalized spacial score (nSPS) is 16.7. The SMILES string of the molecule is OC1=CCC(n2c(SCc3ccc(Cl)cc3)nc3cc(Cl)c(Cl)cc32)C=C1. The molecule has 1 aromatic heterocycles. The molecule has 0 bridgehead atoms. The number of benzene rings is 2. The molecule has 4 rings (SSSR count). The van der Waals surface area contributed by atoms with Crippen molar-refractivity contribution in [2.75, 3.05) is 0 Å². The molecule has 1 atom stereocenters. The Kier molecular flexibility index (Phi) is 5.42. The zero-order valence-electron chi connectivity index (χ0n) is 14.1. The summed E-state index contributed by atoms with van der Waals surface area (Å²) in [6.45, 7) is 0. The number of aromatic nitrogens is 2. The van der Waals surface area contributed by atoms with Gasteiger partial charge in [0.25, 0.3) is 0 Å². The molecule has 1 aliphatic rings. The molecule has 0 aliphatic heterocycles. The first kappa shape index (κ1) is 18.8. The quantitative estimate of drug-likeness (QED) is 0.437. The summed E-state index contributed by atoms with van der Waals surface area (Å²) in [6, 6.07) is 11.5. The minimum absolute atomic E-state index is 0.0517. The summed E-state index contributed by atoms with van der Waals surface area (Å²) in [5.41, 5.74) is 2.89. The highest BCUT2D eigenvalue weighted by Gasteiger charge is 2.20. The van der Waals surface area contributed by atoms with Gasteiger partial charge in [-0.25, -0.2) is 4.98 Å². The number of thioether (sulfide) groups is 1. The van der Waals surface area contributed by atoms with Crippen molar-refractivity contribution in [1.82, 2.24) is 9.55 Å². The molecule has 0 saturated carbocycles. The van der Waals surface area contributed by atoms with Crippen molar-refractivity contribution in [3.05, 3.63) is 81.0 Å². The molecule has 3 aromatic rings. The number of aliphatic hydroxyl groups is 1. The lowest BCUT2D eigenvalue weighted by Crippen LogP contribution is -2.09. The lowest BCUT2D eigenvalue weighted by molar-refractivity contribution is 0.418. The summed E-state index contributed by atoms with van der Waals surface area (Å²) in [7, 11) is 0. The molecule has 0 saturated heterocycles. The molecule has 27 heavy (non-hydrogen) atoms. The van der Waals surface area contributed by atoms with Crippen molar-refractivity contribution in [2.24, 2.45) is 0 Å². The van der Waals surface area contributed by atoms with Crippen molar-refractivity contribution < 1.29 is 5.11 Å². The van der Waals surface area contributed by atoms with Gasteiger partial charge in [-0.3, -0.25) is 0 Å². The van der Waals surface area contributed by atoms with Gasteiger partial charge in [0.2, 0.25) is 0 Å². The van der Waals surface area contributed by atoms with Crippen LogP contribution in [0.25, 0.3) is 11.0 Å². The van der Waals surface area contributed by atoms with Crippen LogP contribution in [-0.4, -0.2) is 14.7 Å². The van der Waals surface area contributed by atoms with E-state index in [0.29, 0.717) is 16.5 Å². The Balaban J connectivity index is 1.73. The van der Waals surface area contributed by atoms with Crippen LogP contribution in [0, 0.1) is 0 Å². The first-order valence-corrected chi connectivity index (χ1v) is 10.4. The summed E-state index contributed by atoms with van der Waals surface area (Å²) in [6.07, 6.45) is 6.18. The van der Waals surface area contributed by atoms with Crippen LogP contribution >= 0.6 is 46.6 Å². The number of rotatable bonds is 4. The maximum absolute atomic E-state index is 9.66. The molecule has 1 N–H and O–H groups in total. The van der Waals surface area contributed by atoms with Crippen LogP contribution in [0.1, 0.15) is 18.0 Å². The van der Waals surface area contributed by atoms with Crippen LogP contribution in [0.15, 0.2) is 65.5 Å². The second kappa shape index (κ2) is 7.80. The number of hydrogen-bond donors (Lipinski definition) is 1. The summed E-state index contributed by atoms with van der Waals surface area (Å²) in [4.78, 5) is 4.78. The predicted molar refractivity (Wildman–Crippen MR) is 114 cm³/mol. The van der Waals surface area contributed by atoms with Crippen molar-refractivity contribution in [3.8, 4) is 0 Å². The smallest absolute Gasteiger partial charge is 0.169 e. The Bertz CT molecular complexity index is 1060. The van der Waals surface area contributed by atoms with E-state index in [0.717, 1.165) is 32.5 Å². The summed E-state index contributed by atoms with van der Waals surface area (Å²) in [5.74, 6) is 1.05.